The van der Waals surface area contributed by atoms with Gasteiger partial charge in [-0.25, -0.2) is 0 Å². The summed E-state index contributed by atoms with van der Waals surface area (Å²) in [6, 6.07) is 27.2. The maximum atomic E-state index is 12.5. The number of amides is 1. The summed E-state index contributed by atoms with van der Waals surface area (Å²) in [6.07, 6.45) is 0. The molecule has 1 N–H and O–H groups in total. The lowest BCUT2D eigenvalue weighted by Crippen LogP contribution is -2.22. The molecule has 0 aliphatic carbocycles. The number of hydrogen-bond acceptors (Lipinski definition) is 5. The number of carbonyl (C=O) groups is 1. The van der Waals surface area contributed by atoms with Crippen LogP contribution in [-0.4, -0.2) is 21.4 Å². The van der Waals surface area contributed by atoms with Crippen LogP contribution in [0.5, 0.6) is 0 Å². The summed E-state index contributed by atoms with van der Waals surface area (Å²) in [5, 5.41) is 11.0. The Hall–Kier alpha value is -3.38. The van der Waals surface area contributed by atoms with Crippen LogP contribution in [0.4, 0.5) is 5.69 Å². The first-order chi connectivity index (χ1) is 14.7. The van der Waals surface area contributed by atoms with Crippen molar-refractivity contribution in [3.63, 3.8) is 0 Å². The van der Waals surface area contributed by atoms with Gasteiger partial charge < -0.3 is 9.73 Å². The van der Waals surface area contributed by atoms with Crippen molar-refractivity contribution in [2.24, 2.45) is 0 Å². The molecule has 1 amide bonds. The summed E-state index contributed by atoms with van der Waals surface area (Å²) in [6.45, 7) is 1.92. The van der Waals surface area contributed by atoms with Crippen molar-refractivity contribution >= 4 is 23.4 Å². The molecular formula is C24H21N3O2S. The maximum absolute atomic E-state index is 12.5. The fourth-order valence-electron chi connectivity index (χ4n) is 2.85. The SMILES string of the molecule is CC(SCc1ccccc1)C(=O)Nc1ccc(-c2nnc(-c3ccccc3)o2)cc1. The van der Waals surface area contributed by atoms with Crippen LogP contribution >= 0.6 is 11.8 Å². The van der Waals surface area contributed by atoms with Gasteiger partial charge in [0.05, 0.1) is 5.25 Å². The largest absolute Gasteiger partial charge is 0.416 e. The third-order valence-electron chi connectivity index (χ3n) is 4.56. The smallest absolute Gasteiger partial charge is 0.248 e. The monoisotopic (exact) mass is 415 g/mol. The molecule has 1 unspecified atom stereocenters. The van der Waals surface area contributed by atoms with Gasteiger partial charge >= 0.3 is 0 Å². The highest BCUT2D eigenvalue weighted by molar-refractivity contribution is 7.99. The van der Waals surface area contributed by atoms with Gasteiger partial charge in [0.1, 0.15) is 0 Å². The Balaban J connectivity index is 1.35. The first-order valence-corrected chi connectivity index (χ1v) is 10.7. The Labute approximate surface area is 179 Å². The number of anilines is 1. The minimum atomic E-state index is -0.158. The maximum Gasteiger partial charge on any atom is 0.248 e. The summed E-state index contributed by atoms with van der Waals surface area (Å²) in [4.78, 5) is 12.5. The van der Waals surface area contributed by atoms with E-state index < -0.39 is 0 Å². The van der Waals surface area contributed by atoms with Gasteiger partial charge in [0, 0.05) is 22.6 Å². The number of thioether (sulfide) groups is 1. The fourth-order valence-corrected chi connectivity index (χ4v) is 3.69. The molecule has 0 bridgehead atoms. The van der Waals surface area contributed by atoms with E-state index in [1.165, 1.54) is 5.56 Å². The van der Waals surface area contributed by atoms with E-state index >= 15 is 0 Å². The zero-order chi connectivity index (χ0) is 20.8. The summed E-state index contributed by atoms with van der Waals surface area (Å²) in [5.41, 5.74) is 3.62. The van der Waals surface area contributed by atoms with E-state index in [0.717, 1.165) is 22.6 Å². The van der Waals surface area contributed by atoms with Gasteiger partial charge in [-0.05, 0) is 48.9 Å². The highest BCUT2D eigenvalue weighted by Crippen LogP contribution is 2.25. The third kappa shape index (κ3) is 4.96. The molecule has 4 aromatic rings. The average molecular weight is 416 g/mol. The molecule has 1 aromatic heterocycles. The molecule has 0 saturated carbocycles. The van der Waals surface area contributed by atoms with E-state index in [4.69, 9.17) is 4.42 Å². The Kier molecular flexibility index (Phi) is 6.25. The molecule has 30 heavy (non-hydrogen) atoms. The normalized spacial score (nSPS) is 11.8. The third-order valence-corrected chi connectivity index (χ3v) is 5.77. The zero-order valence-corrected chi connectivity index (χ0v) is 17.3. The fraction of sp³-hybridized carbons (Fsp3) is 0.125. The van der Waals surface area contributed by atoms with Gasteiger partial charge in [0.25, 0.3) is 0 Å². The standard InChI is InChI=1S/C24H21N3O2S/c1-17(30-16-18-8-4-2-5-9-18)22(28)25-21-14-12-20(13-15-21)24-27-26-23(29-24)19-10-6-3-7-11-19/h2-15,17H,16H2,1H3,(H,25,28). The number of aromatic nitrogens is 2. The second kappa shape index (κ2) is 9.41. The Morgan fingerprint density at radius 2 is 1.43 bits per heavy atom. The van der Waals surface area contributed by atoms with E-state index in [2.05, 4.69) is 27.6 Å². The van der Waals surface area contributed by atoms with Gasteiger partial charge in [0.2, 0.25) is 17.7 Å². The van der Waals surface area contributed by atoms with E-state index in [0.29, 0.717) is 11.8 Å². The lowest BCUT2D eigenvalue weighted by atomic mass is 10.2. The van der Waals surface area contributed by atoms with Crippen molar-refractivity contribution in [2.75, 3.05) is 5.32 Å². The van der Waals surface area contributed by atoms with Crippen molar-refractivity contribution in [3.8, 4) is 22.9 Å². The molecule has 4 rings (SSSR count). The first kappa shape index (κ1) is 19.9. The van der Waals surface area contributed by atoms with Gasteiger partial charge in [-0.2, -0.15) is 0 Å². The van der Waals surface area contributed by atoms with Gasteiger partial charge in [-0.1, -0.05) is 48.5 Å². The Morgan fingerprint density at radius 3 is 2.07 bits per heavy atom. The summed E-state index contributed by atoms with van der Waals surface area (Å²) in [5.74, 6) is 1.70. The molecule has 0 radical (unpaired) electrons. The lowest BCUT2D eigenvalue weighted by Gasteiger charge is -2.12. The highest BCUT2D eigenvalue weighted by Gasteiger charge is 2.14. The molecule has 1 atom stereocenters. The molecule has 0 spiro atoms. The molecule has 1 heterocycles. The van der Waals surface area contributed by atoms with Crippen LogP contribution in [0.15, 0.2) is 89.3 Å². The van der Waals surface area contributed by atoms with Gasteiger partial charge in [0.15, 0.2) is 0 Å². The van der Waals surface area contributed by atoms with Crippen LogP contribution in [0.3, 0.4) is 0 Å². The molecular weight excluding hydrogens is 394 g/mol. The van der Waals surface area contributed by atoms with Crippen molar-refractivity contribution in [1.82, 2.24) is 10.2 Å². The minimum Gasteiger partial charge on any atom is -0.416 e. The molecule has 5 nitrogen and oxygen atoms in total. The van der Waals surface area contributed by atoms with Crippen LogP contribution in [0.25, 0.3) is 22.9 Å². The summed E-state index contributed by atoms with van der Waals surface area (Å²) in [7, 11) is 0. The van der Waals surface area contributed by atoms with Crippen molar-refractivity contribution in [2.45, 2.75) is 17.9 Å². The van der Waals surface area contributed by atoms with E-state index in [9.17, 15) is 4.79 Å². The molecule has 0 aliphatic rings. The van der Waals surface area contributed by atoms with Crippen LogP contribution in [0.2, 0.25) is 0 Å². The number of carbonyl (C=O) groups excluding carboxylic acids is 1. The van der Waals surface area contributed by atoms with Crippen LogP contribution in [0, 0.1) is 0 Å². The second-order valence-electron chi connectivity index (χ2n) is 6.78. The molecule has 0 saturated heterocycles. The lowest BCUT2D eigenvalue weighted by molar-refractivity contribution is -0.115. The van der Waals surface area contributed by atoms with Crippen LogP contribution < -0.4 is 5.32 Å². The highest BCUT2D eigenvalue weighted by atomic mass is 32.2. The topological polar surface area (TPSA) is 68.0 Å². The zero-order valence-electron chi connectivity index (χ0n) is 16.5. The van der Waals surface area contributed by atoms with E-state index in [1.54, 1.807) is 11.8 Å². The predicted molar refractivity (Wildman–Crippen MR) is 121 cm³/mol. The quantitative estimate of drug-likeness (QED) is 0.422. The van der Waals surface area contributed by atoms with Gasteiger partial charge in [-0.15, -0.1) is 22.0 Å². The summed E-state index contributed by atoms with van der Waals surface area (Å²) >= 11 is 1.61. The van der Waals surface area contributed by atoms with Crippen molar-refractivity contribution < 1.29 is 9.21 Å². The number of benzene rings is 3. The first-order valence-electron chi connectivity index (χ1n) is 9.65. The summed E-state index contributed by atoms with van der Waals surface area (Å²) < 4.78 is 5.78. The Morgan fingerprint density at radius 1 is 0.867 bits per heavy atom. The number of rotatable bonds is 7. The molecule has 3 aromatic carbocycles. The predicted octanol–water partition coefficient (Wildman–Crippen LogP) is 5.66. The number of hydrogen-bond donors (Lipinski definition) is 1. The van der Waals surface area contributed by atoms with Crippen LogP contribution in [-0.2, 0) is 10.5 Å². The van der Waals surface area contributed by atoms with E-state index in [1.807, 2.05) is 79.7 Å². The number of nitrogens with zero attached hydrogens (tertiary/aromatic N) is 2. The van der Waals surface area contributed by atoms with Gasteiger partial charge in [-0.3, -0.25) is 4.79 Å². The van der Waals surface area contributed by atoms with E-state index in [-0.39, 0.29) is 11.2 Å². The molecule has 0 fully saturated rings. The minimum absolute atomic E-state index is 0.0205. The number of nitrogens with one attached hydrogen (secondary N) is 1. The molecule has 150 valence electrons. The average Bonchev–Trinajstić information content (AvgIpc) is 3.29. The second-order valence-corrected chi connectivity index (χ2v) is 8.11. The Bertz CT molecular complexity index is 1100. The molecule has 0 aliphatic heterocycles. The van der Waals surface area contributed by atoms with Crippen LogP contribution in [0.1, 0.15) is 12.5 Å². The van der Waals surface area contributed by atoms with Crippen molar-refractivity contribution in [1.29, 1.82) is 0 Å². The van der Waals surface area contributed by atoms with Crippen molar-refractivity contribution in [3.05, 3.63) is 90.5 Å². The molecule has 6 heteroatoms.